The molecule has 0 atom stereocenters. The molecule has 3 N–H and O–H groups in total. The van der Waals surface area contributed by atoms with Crippen LogP contribution in [0.5, 0.6) is 0 Å². The van der Waals surface area contributed by atoms with Gasteiger partial charge in [0.1, 0.15) is 18.0 Å². The summed E-state index contributed by atoms with van der Waals surface area (Å²) in [7, 11) is 0. The number of nitrogens with two attached hydrogens (primary N) is 1. The van der Waals surface area contributed by atoms with Crippen LogP contribution in [0.15, 0.2) is 18.5 Å². The molecule has 0 fully saturated rings. The smallest absolute Gasteiger partial charge is 0.196 e. The molecular weight excluding hydrogens is 257 g/mol. The van der Waals surface area contributed by atoms with Crippen LogP contribution in [0.2, 0.25) is 0 Å². The minimum Gasteiger partial charge on any atom is -0.383 e. The topological polar surface area (TPSA) is 63.8 Å². The number of nitrogen functional groups attached to an aromatic ring is 1. The van der Waals surface area contributed by atoms with E-state index in [1.54, 1.807) is 0 Å². The van der Waals surface area contributed by atoms with Crippen LogP contribution in [0.1, 0.15) is 12.5 Å². The fourth-order valence-corrected chi connectivity index (χ4v) is 1.63. The maximum Gasteiger partial charge on any atom is 0.196 e. The van der Waals surface area contributed by atoms with E-state index in [1.807, 2.05) is 6.92 Å². The summed E-state index contributed by atoms with van der Waals surface area (Å²) < 4.78 is 39.5. The molecule has 0 bridgehead atoms. The van der Waals surface area contributed by atoms with Crippen LogP contribution in [0.3, 0.4) is 0 Å². The van der Waals surface area contributed by atoms with Crippen molar-refractivity contribution in [2.24, 2.45) is 0 Å². The van der Waals surface area contributed by atoms with Crippen LogP contribution in [0, 0.1) is 17.5 Å². The quantitative estimate of drug-likeness (QED) is 0.840. The predicted molar refractivity (Wildman–Crippen MR) is 65.4 cm³/mol. The van der Waals surface area contributed by atoms with Crippen molar-refractivity contribution in [3.63, 3.8) is 0 Å². The summed E-state index contributed by atoms with van der Waals surface area (Å²) >= 11 is 0. The molecule has 0 radical (unpaired) electrons. The molecule has 0 aliphatic rings. The zero-order chi connectivity index (χ0) is 14.0. The summed E-state index contributed by atoms with van der Waals surface area (Å²) in [5, 5.41) is 2.59. The van der Waals surface area contributed by atoms with Gasteiger partial charge in [-0.2, -0.15) is 0 Å². The molecule has 0 aliphatic carbocycles. The molecule has 0 aliphatic heterocycles. The van der Waals surface area contributed by atoms with Crippen LogP contribution in [-0.2, 0) is 6.42 Å². The number of halogens is 3. The van der Waals surface area contributed by atoms with Gasteiger partial charge < -0.3 is 11.1 Å². The third-order valence-electron chi connectivity index (χ3n) is 2.62. The molecule has 0 amide bonds. The monoisotopic (exact) mass is 268 g/mol. The number of rotatable bonds is 3. The normalized spacial score (nSPS) is 10.5. The molecule has 0 saturated carbocycles. The number of nitrogens with zero attached hydrogens (tertiary/aromatic N) is 2. The van der Waals surface area contributed by atoms with Crippen LogP contribution in [-0.4, -0.2) is 9.97 Å². The van der Waals surface area contributed by atoms with E-state index in [-0.39, 0.29) is 17.3 Å². The van der Waals surface area contributed by atoms with E-state index in [0.717, 1.165) is 12.1 Å². The van der Waals surface area contributed by atoms with Crippen molar-refractivity contribution in [1.82, 2.24) is 9.97 Å². The Bertz CT molecular complexity index is 616. The van der Waals surface area contributed by atoms with Crippen molar-refractivity contribution >= 4 is 17.3 Å². The predicted octanol–water partition coefficient (Wildman–Crippen LogP) is 2.78. The minimum atomic E-state index is -1.54. The van der Waals surface area contributed by atoms with Gasteiger partial charge in [-0.05, 0) is 18.6 Å². The van der Waals surface area contributed by atoms with Crippen LogP contribution < -0.4 is 11.1 Å². The van der Waals surface area contributed by atoms with Gasteiger partial charge in [0, 0.05) is 5.56 Å². The maximum atomic E-state index is 13.5. The highest BCUT2D eigenvalue weighted by molar-refractivity contribution is 5.64. The van der Waals surface area contributed by atoms with Gasteiger partial charge >= 0.3 is 0 Å². The molecule has 100 valence electrons. The van der Waals surface area contributed by atoms with Gasteiger partial charge in [0.05, 0.1) is 5.69 Å². The molecule has 1 aromatic heterocycles. The van der Waals surface area contributed by atoms with Crippen molar-refractivity contribution in [3.8, 4) is 0 Å². The first-order valence-electron chi connectivity index (χ1n) is 5.54. The molecule has 2 rings (SSSR count). The number of hydrogen-bond acceptors (Lipinski definition) is 4. The molecule has 0 unspecified atom stereocenters. The van der Waals surface area contributed by atoms with Gasteiger partial charge in [-0.3, -0.25) is 0 Å². The average molecular weight is 268 g/mol. The molecule has 4 nitrogen and oxygen atoms in total. The van der Waals surface area contributed by atoms with E-state index in [4.69, 9.17) is 5.73 Å². The summed E-state index contributed by atoms with van der Waals surface area (Å²) in [6.45, 7) is 1.82. The zero-order valence-electron chi connectivity index (χ0n) is 10.0. The first kappa shape index (κ1) is 13.1. The SMILES string of the molecule is CCc1c(N)ncnc1Nc1ccc(F)c(F)c1F. The van der Waals surface area contributed by atoms with E-state index in [1.165, 1.54) is 6.33 Å². The van der Waals surface area contributed by atoms with Crippen molar-refractivity contribution in [2.45, 2.75) is 13.3 Å². The van der Waals surface area contributed by atoms with E-state index in [0.29, 0.717) is 12.0 Å². The Morgan fingerprint density at radius 1 is 1.16 bits per heavy atom. The summed E-state index contributed by atoms with van der Waals surface area (Å²) in [6, 6.07) is 1.92. The van der Waals surface area contributed by atoms with Crippen LogP contribution in [0.25, 0.3) is 0 Å². The van der Waals surface area contributed by atoms with Crippen LogP contribution in [0.4, 0.5) is 30.5 Å². The van der Waals surface area contributed by atoms with Crippen molar-refractivity contribution in [2.75, 3.05) is 11.1 Å². The minimum absolute atomic E-state index is 0.216. The number of aromatic nitrogens is 2. The molecule has 1 aromatic carbocycles. The van der Waals surface area contributed by atoms with E-state index >= 15 is 0 Å². The Hall–Kier alpha value is -2.31. The Labute approximate surface area is 107 Å². The lowest BCUT2D eigenvalue weighted by Gasteiger charge is -2.12. The summed E-state index contributed by atoms with van der Waals surface area (Å²) in [4.78, 5) is 7.72. The molecule has 0 spiro atoms. The highest BCUT2D eigenvalue weighted by atomic mass is 19.2. The number of hydrogen-bond donors (Lipinski definition) is 2. The molecule has 7 heteroatoms. The summed E-state index contributed by atoms with van der Waals surface area (Å²) in [5.41, 5.74) is 6.02. The van der Waals surface area contributed by atoms with Crippen molar-refractivity contribution in [3.05, 3.63) is 41.5 Å². The van der Waals surface area contributed by atoms with Crippen molar-refractivity contribution in [1.29, 1.82) is 0 Å². The Morgan fingerprint density at radius 2 is 1.89 bits per heavy atom. The fourth-order valence-electron chi connectivity index (χ4n) is 1.63. The lowest BCUT2D eigenvalue weighted by molar-refractivity contribution is 0.449. The van der Waals surface area contributed by atoms with E-state index in [9.17, 15) is 13.2 Å². The summed E-state index contributed by atoms with van der Waals surface area (Å²) in [5.74, 6) is -3.58. The highest BCUT2D eigenvalue weighted by Crippen LogP contribution is 2.26. The van der Waals surface area contributed by atoms with Gasteiger partial charge in [0.15, 0.2) is 17.5 Å². The first-order chi connectivity index (χ1) is 9.04. The second-order valence-corrected chi connectivity index (χ2v) is 3.79. The second-order valence-electron chi connectivity index (χ2n) is 3.79. The highest BCUT2D eigenvalue weighted by Gasteiger charge is 2.15. The van der Waals surface area contributed by atoms with Gasteiger partial charge in [-0.15, -0.1) is 0 Å². The third-order valence-corrected chi connectivity index (χ3v) is 2.62. The molecule has 2 aromatic rings. The Morgan fingerprint density at radius 3 is 2.58 bits per heavy atom. The van der Waals surface area contributed by atoms with Crippen LogP contribution >= 0.6 is 0 Å². The third kappa shape index (κ3) is 2.44. The van der Waals surface area contributed by atoms with E-state index in [2.05, 4.69) is 15.3 Å². The maximum absolute atomic E-state index is 13.5. The van der Waals surface area contributed by atoms with Gasteiger partial charge in [-0.25, -0.2) is 23.1 Å². The van der Waals surface area contributed by atoms with E-state index < -0.39 is 17.5 Å². The molecule has 19 heavy (non-hydrogen) atoms. The lowest BCUT2D eigenvalue weighted by atomic mass is 10.2. The second kappa shape index (κ2) is 5.13. The zero-order valence-corrected chi connectivity index (χ0v) is 10.0. The first-order valence-corrected chi connectivity index (χ1v) is 5.54. The number of anilines is 3. The summed E-state index contributed by atoms with van der Waals surface area (Å²) in [6.07, 6.45) is 1.72. The van der Waals surface area contributed by atoms with Gasteiger partial charge in [0.2, 0.25) is 0 Å². The largest absolute Gasteiger partial charge is 0.383 e. The number of benzene rings is 1. The molecule has 0 saturated heterocycles. The molecule has 1 heterocycles. The standard InChI is InChI=1S/C12H11F3N4/c1-2-6-11(16)17-5-18-12(6)19-8-4-3-7(13)9(14)10(8)15/h3-5H,2H2,1H3,(H3,16,17,18,19). The Balaban J connectivity index is 2.42. The molecular formula is C12H11F3N4. The lowest BCUT2D eigenvalue weighted by Crippen LogP contribution is -2.06. The van der Waals surface area contributed by atoms with Crippen molar-refractivity contribution < 1.29 is 13.2 Å². The average Bonchev–Trinajstić information content (AvgIpc) is 2.40. The van der Waals surface area contributed by atoms with Gasteiger partial charge in [0.25, 0.3) is 0 Å². The number of nitrogens with one attached hydrogen (secondary N) is 1. The fraction of sp³-hybridized carbons (Fsp3) is 0.167. The van der Waals surface area contributed by atoms with Gasteiger partial charge in [-0.1, -0.05) is 6.92 Å². The Kier molecular flexibility index (Phi) is 3.55.